The van der Waals surface area contributed by atoms with E-state index in [1.54, 1.807) is 0 Å². The van der Waals surface area contributed by atoms with E-state index in [0.29, 0.717) is 19.5 Å². The van der Waals surface area contributed by atoms with Crippen LogP contribution in [0.15, 0.2) is 48.5 Å². The fourth-order valence-corrected chi connectivity index (χ4v) is 3.18. The fourth-order valence-electron chi connectivity index (χ4n) is 3.18. The van der Waals surface area contributed by atoms with Crippen LogP contribution in [0.4, 0.5) is 0 Å². The lowest BCUT2D eigenvalue weighted by Crippen LogP contribution is -2.34. The molecule has 1 saturated heterocycles. The van der Waals surface area contributed by atoms with E-state index in [1.807, 2.05) is 60.4 Å². The van der Waals surface area contributed by atoms with E-state index in [-0.39, 0.29) is 24.2 Å². The van der Waals surface area contributed by atoms with E-state index in [9.17, 15) is 9.59 Å². The second-order valence-electron chi connectivity index (χ2n) is 6.79. The summed E-state index contributed by atoms with van der Waals surface area (Å²) in [6.45, 7) is 3.79. The second kappa shape index (κ2) is 9.53. The Balaban J connectivity index is 0.00000261. The normalized spacial score (nSPS) is 14.6. The number of amides is 2. The van der Waals surface area contributed by atoms with Crippen molar-refractivity contribution in [3.8, 4) is 0 Å². The Morgan fingerprint density at radius 1 is 1.15 bits per heavy atom. The number of hydrogen-bond donors (Lipinski definition) is 2. The predicted octanol–water partition coefficient (Wildman–Crippen LogP) is 2.86. The highest BCUT2D eigenvalue weighted by Crippen LogP contribution is 2.18. The molecule has 2 amide bonds. The van der Waals surface area contributed by atoms with Gasteiger partial charge in [0.25, 0.3) is 0 Å². The van der Waals surface area contributed by atoms with Crippen molar-refractivity contribution in [2.24, 2.45) is 5.73 Å². The molecule has 1 heterocycles. The van der Waals surface area contributed by atoms with Crippen LogP contribution in [0.1, 0.15) is 41.1 Å². The van der Waals surface area contributed by atoms with Gasteiger partial charge in [0, 0.05) is 26.1 Å². The van der Waals surface area contributed by atoms with Gasteiger partial charge < -0.3 is 16.0 Å². The predicted molar refractivity (Wildman–Crippen MR) is 108 cm³/mol. The summed E-state index contributed by atoms with van der Waals surface area (Å²) in [5, 5.41) is 2.92. The molecular formula is C21H26ClN3O2. The maximum atomic E-state index is 12.4. The van der Waals surface area contributed by atoms with Crippen molar-refractivity contribution in [1.82, 2.24) is 10.2 Å². The van der Waals surface area contributed by atoms with Crippen molar-refractivity contribution in [1.29, 1.82) is 0 Å². The molecular weight excluding hydrogens is 362 g/mol. The third-order valence-corrected chi connectivity index (χ3v) is 4.82. The molecule has 3 N–H and O–H groups in total. The SMILES string of the molecule is Cc1ccc(C(N)C(=O)NCc2ccccc2CN2CCCC2=O)cc1.Cl. The molecule has 1 unspecified atom stereocenters. The number of nitrogens with two attached hydrogens (primary N) is 1. The molecule has 5 nitrogen and oxygen atoms in total. The molecule has 0 aromatic heterocycles. The van der Waals surface area contributed by atoms with E-state index in [0.717, 1.165) is 35.2 Å². The maximum absolute atomic E-state index is 12.4. The maximum Gasteiger partial charge on any atom is 0.241 e. The molecule has 1 aliphatic rings. The van der Waals surface area contributed by atoms with Crippen LogP contribution in [0.3, 0.4) is 0 Å². The molecule has 2 aromatic carbocycles. The minimum Gasteiger partial charge on any atom is -0.350 e. The number of nitrogens with one attached hydrogen (secondary N) is 1. The van der Waals surface area contributed by atoms with Gasteiger partial charge in [0.05, 0.1) is 0 Å². The third-order valence-electron chi connectivity index (χ3n) is 4.82. The van der Waals surface area contributed by atoms with Crippen LogP contribution in [0.2, 0.25) is 0 Å². The zero-order chi connectivity index (χ0) is 18.5. The average Bonchev–Trinajstić information content (AvgIpc) is 3.05. The minimum atomic E-state index is -0.692. The minimum absolute atomic E-state index is 0. The van der Waals surface area contributed by atoms with Gasteiger partial charge >= 0.3 is 0 Å². The highest BCUT2D eigenvalue weighted by atomic mass is 35.5. The molecule has 0 saturated carbocycles. The monoisotopic (exact) mass is 387 g/mol. The van der Waals surface area contributed by atoms with E-state index in [2.05, 4.69) is 5.32 Å². The molecule has 2 aromatic rings. The van der Waals surface area contributed by atoms with Crippen LogP contribution in [-0.4, -0.2) is 23.3 Å². The first-order valence-corrected chi connectivity index (χ1v) is 8.99. The summed E-state index contributed by atoms with van der Waals surface area (Å²) in [4.78, 5) is 26.1. The van der Waals surface area contributed by atoms with Gasteiger partial charge in [-0.2, -0.15) is 0 Å². The van der Waals surface area contributed by atoms with Crippen LogP contribution in [-0.2, 0) is 22.7 Å². The molecule has 0 radical (unpaired) electrons. The van der Waals surface area contributed by atoms with Crippen molar-refractivity contribution in [3.63, 3.8) is 0 Å². The van der Waals surface area contributed by atoms with Gasteiger partial charge in [-0.25, -0.2) is 0 Å². The van der Waals surface area contributed by atoms with E-state index in [1.165, 1.54) is 0 Å². The number of benzene rings is 2. The molecule has 1 aliphatic heterocycles. The van der Waals surface area contributed by atoms with E-state index < -0.39 is 6.04 Å². The number of carbonyl (C=O) groups is 2. The number of halogens is 1. The van der Waals surface area contributed by atoms with E-state index in [4.69, 9.17) is 5.73 Å². The van der Waals surface area contributed by atoms with Crippen molar-refractivity contribution in [2.75, 3.05) is 6.54 Å². The third kappa shape index (κ3) is 5.31. The molecule has 1 atom stereocenters. The van der Waals surface area contributed by atoms with Crippen molar-refractivity contribution in [3.05, 3.63) is 70.8 Å². The van der Waals surface area contributed by atoms with Crippen LogP contribution in [0.5, 0.6) is 0 Å². The van der Waals surface area contributed by atoms with Crippen molar-refractivity contribution < 1.29 is 9.59 Å². The first-order valence-electron chi connectivity index (χ1n) is 8.99. The smallest absolute Gasteiger partial charge is 0.241 e. The standard InChI is InChI=1S/C21H25N3O2.ClH/c1-15-8-10-16(11-9-15)20(22)21(26)23-13-17-5-2-3-6-18(17)14-24-12-4-7-19(24)25;/h2-3,5-6,8-11,20H,4,7,12-14,22H2,1H3,(H,23,26);1H. The Hall–Kier alpha value is -2.37. The number of likely N-dealkylation sites (tertiary alicyclic amines) is 1. The Bertz CT molecular complexity index is 792. The molecule has 27 heavy (non-hydrogen) atoms. The van der Waals surface area contributed by atoms with Crippen molar-refractivity contribution >= 4 is 24.2 Å². The number of hydrogen-bond acceptors (Lipinski definition) is 3. The topological polar surface area (TPSA) is 75.4 Å². The summed E-state index contributed by atoms with van der Waals surface area (Å²) in [6.07, 6.45) is 1.55. The van der Waals surface area contributed by atoms with Gasteiger partial charge in [0.1, 0.15) is 6.04 Å². The van der Waals surface area contributed by atoms with Gasteiger partial charge in [0.2, 0.25) is 11.8 Å². The van der Waals surface area contributed by atoms with Crippen LogP contribution in [0, 0.1) is 6.92 Å². The van der Waals surface area contributed by atoms with Gasteiger partial charge in [0.15, 0.2) is 0 Å². The Morgan fingerprint density at radius 2 is 1.81 bits per heavy atom. The molecule has 3 rings (SSSR count). The quantitative estimate of drug-likeness (QED) is 0.800. The van der Waals surface area contributed by atoms with Crippen LogP contribution >= 0.6 is 12.4 Å². The molecule has 6 heteroatoms. The molecule has 0 aliphatic carbocycles. The zero-order valence-corrected chi connectivity index (χ0v) is 16.3. The van der Waals surface area contributed by atoms with E-state index >= 15 is 0 Å². The number of carbonyl (C=O) groups excluding carboxylic acids is 2. The summed E-state index contributed by atoms with van der Waals surface area (Å²) in [6, 6.07) is 14.9. The number of aryl methyl sites for hydroxylation is 1. The molecule has 144 valence electrons. The number of rotatable bonds is 6. The highest BCUT2D eigenvalue weighted by molar-refractivity contribution is 5.85. The lowest BCUT2D eigenvalue weighted by Gasteiger charge is -2.19. The number of nitrogens with zero attached hydrogens (tertiary/aromatic N) is 1. The van der Waals surface area contributed by atoms with Gasteiger partial charge in [-0.3, -0.25) is 9.59 Å². The highest BCUT2D eigenvalue weighted by Gasteiger charge is 2.21. The molecule has 1 fully saturated rings. The molecule has 0 bridgehead atoms. The van der Waals surface area contributed by atoms with Gasteiger partial charge in [-0.1, -0.05) is 54.1 Å². The van der Waals surface area contributed by atoms with Crippen molar-refractivity contribution in [2.45, 2.75) is 38.9 Å². The lowest BCUT2D eigenvalue weighted by atomic mass is 10.0. The summed E-state index contributed by atoms with van der Waals surface area (Å²) in [5.41, 5.74) is 10.1. The average molecular weight is 388 g/mol. The Kier molecular flexibility index (Phi) is 7.39. The summed E-state index contributed by atoms with van der Waals surface area (Å²) < 4.78 is 0. The lowest BCUT2D eigenvalue weighted by molar-refractivity contribution is -0.128. The van der Waals surface area contributed by atoms with Crippen LogP contribution < -0.4 is 11.1 Å². The molecule has 0 spiro atoms. The first-order chi connectivity index (χ1) is 12.5. The fraction of sp³-hybridized carbons (Fsp3) is 0.333. The zero-order valence-electron chi connectivity index (χ0n) is 15.5. The van der Waals surface area contributed by atoms with Gasteiger partial charge in [-0.05, 0) is 30.0 Å². The Morgan fingerprint density at radius 3 is 2.44 bits per heavy atom. The first kappa shape index (κ1) is 20.9. The van der Waals surface area contributed by atoms with Crippen LogP contribution in [0.25, 0.3) is 0 Å². The largest absolute Gasteiger partial charge is 0.350 e. The summed E-state index contributed by atoms with van der Waals surface area (Å²) in [5.74, 6) is -0.00821. The Labute approximate surface area is 166 Å². The summed E-state index contributed by atoms with van der Waals surface area (Å²) >= 11 is 0. The second-order valence-corrected chi connectivity index (χ2v) is 6.79. The van der Waals surface area contributed by atoms with Gasteiger partial charge in [-0.15, -0.1) is 12.4 Å². The summed E-state index contributed by atoms with van der Waals surface area (Å²) in [7, 11) is 0.